The SMILES string of the molecule is CCCCCCCC[C@H]1CO[C@H]([C@H]2CC[C@H](c3ccc(F)c(F)c3)CC2)O[C@@H]1C. The zero-order valence-electron chi connectivity index (χ0n) is 18.2. The van der Waals surface area contributed by atoms with E-state index in [0.717, 1.165) is 37.9 Å². The molecule has 4 heteroatoms. The third kappa shape index (κ3) is 6.49. The van der Waals surface area contributed by atoms with Crippen LogP contribution in [0.4, 0.5) is 8.78 Å². The van der Waals surface area contributed by atoms with Crippen LogP contribution in [0.25, 0.3) is 0 Å². The van der Waals surface area contributed by atoms with Crippen molar-refractivity contribution >= 4 is 0 Å². The molecule has 0 amide bonds. The van der Waals surface area contributed by atoms with Crippen LogP contribution in [0.1, 0.15) is 96.0 Å². The van der Waals surface area contributed by atoms with Crippen LogP contribution in [-0.4, -0.2) is 19.0 Å². The maximum absolute atomic E-state index is 13.5. The number of ether oxygens (including phenoxy) is 2. The van der Waals surface area contributed by atoms with Crippen molar-refractivity contribution in [3.05, 3.63) is 35.4 Å². The van der Waals surface area contributed by atoms with Gasteiger partial charge in [-0.2, -0.15) is 0 Å². The van der Waals surface area contributed by atoms with Crippen LogP contribution >= 0.6 is 0 Å². The quantitative estimate of drug-likeness (QED) is 0.397. The van der Waals surface area contributed by atoms with Crippen molar-refractivity contribution in [2.45, 2.75) is 103 Å². The zero-order valence-corrected chi connectivity index (χ0v) is 18.2. The smallest absolute Gasteiger partial charge is 0.160 e. The Morgan fingerprint density at radius 2 is 1.66 bits per heavy atom. The van der Waals surface area contributed by atoms with Gasteiger partial charge in [0.05, 0.1) is 12.7 Å². The van der Waals surface area contributed by atoms with Crippen molar-refractivity contribution in [2.24, 2.45) is 11.8 Å². The fraction of sp³-hybridized carbons (Fsp3) is 0.760. The molecular weight excluding hydrogens is 370 g/mol. The molecule has 2 aliphatic rings. The van der Waals surface area contributed by atoms with E-state index in [2.05, 4.69) is 13.8 Å². The largest absolute Gasteiger partial charge is 0.352 e. The van der Waals surface area contributed by atoms with Gasteiger partial charge in [0.15, 0.2) is 17.9 Å². The first-order chi connectivity index (χ1) is 14.1. The van der Waals surface area contributed by atoms with Gasteiger partial charge in [0.25, 0.3) is 0 Å². The molecule has 1 heterocycles. The third-order valence-corrected chi connectivity index (χ3v) is 6.99. The van der Waals surface area contributed by atoms with Crippen molar-refractivity contribution in [3.8, 4) is 0 Å². The summed E-state index contributed by atoms with van der Waals surface area (Å²) in [6.45, 7) is 5.26. The Hall–Kier alpha value is -1.00. The van der Waals surface area contributed by atoms with Gasteiger partial charge in [0.1, 0.15) is 0 Å². The monoisotopic (exact) mass is 408 g/mol. The molecule has 0 unspecified atom stereocenters. The highest BCUT2D eigenvalue weighted by Crippen LogP contribution is 2.40. The normalized spacial score (nSPS) is 30.4. The summed E-state index contributed by atoms with van der Waals surface area (Å²) in [5.41, 5.74) is 0.917. The molecule has 3 rings (SSSR count). The highest BCUT2D eigenvalue weighted by molar-refractivity contribution is 5.22. The molecule has 1 aliphatic carbocycles. The van der Waals surface area contributed by atoms with E-state index in [4.69, 9.17) is 9.47 Å². The van der Waals surface area contributed by atoms with Gasteiger partial charge in [-0.3, -0.25) is 0 Å². The van der Waals surface area contributed by atoms with Gasteiger partial charge in [-0.1, -0.05) is 51.5 Å². The average molecular weight is 409 g/mol. The van der Waals surface area contributed by atoms with Crippen molar-refractivity contribution in [1.29, 1.82) is 0 Å². The van der Waals surface area contributed by atoms with Gasteiger partial charge < -0.3 is 9.47 Å². The molecule has 1 saturated carbocycles. The number of hydrogen-bond acceptors (Lipinski definition) is 2. The van der Waals surface area contributed by atoms with E-state index in [9.17, 15) is 8.78 Å². The van der Waals surface area contributed by atoms with Gasteiger partial charge >= 0.3 is 0 Å². The first kappa shape index (κ1) is 22.7. The number of benzene rings is 1. The fourth-order valence-corrected chi connectivity index (χ4v) is 4.96. The van der Waals surface area contributed by atoms with Crippen LogP contribution < -0.4 is 0 Å². The first-order valence-electron chi connectivity index (χ1n) is 11.8. The van der Waals surface area contributed by atoms with E-state index >= 15 is 0 Å². The second kappa shape index (κ2) is 11.4. The Bertz CT molecular complexity index is 613. The van der Waals surface area contributed by atoms with E-state index in [1.807, 2.05) is 0 Å². The second-order valence-electron chi connectivity index (χ2n) is 9.14. The lowest BCUT2D eigenvalue weighted by Gasteiger charge is -2.40. The molecule has 164 valence electrons. The zero-order chi connectivity index (χ0) is 20.6. The minimum atomic E-state index is -0.768. The first-order valence-corrected chi connectivity index (χ1v) is 11.8. The molecule has 0 radical (unpaired) electrons. The molecule has 2 nitrogen and oxygen atoms in total. The van der Waals surface area contributed by atoms with E-state index in [1.165, 1.54) is 57.1 Å². The van der Waals surface area contributed by atoms with E-state index in [-0.39, 0.29) is 12.4 Å². The molecular formula is C25H38F2O2. The maximum atomic E-state index is 13.5. The van der Waals surface area contributed by atoms with Gasteiger partial charge in [-0.25, -0.2) is 8.78 Å². The van der Waals surface area contributed by atoms with Crippen LogP contribution in [0.2, 0.25) is 0 Å². The Morgan fingerprint density at radius 3 is 2.34 bits per heavy atom. The van der Waals surface area contributed by atoms with Crippen LogP contribution in [0.3, 0.4) is 0 Å². The molecule has 29 heavy (non-hydrogen) atoms. The minimum absolute atomic E-state index is 0.100. The summed E-state index contributed by atoms with van der Waals surface area (Å²) in [7, 11) is 0. The van der Waals surface area contributed by atoms with Gasteiger partial charge in [-0.15, -0.1) is 0 Å². The number of rotatable bonds is 9. The Morgan fingerprint density at radius 1 is 0.931 bits per heavy atom. The van der Waals surface area contributed by atoms with Crippen LogP contribution in [0.15, 0.2) is 18.2 Å². The molecule has 1 aromatic carbocycles. The van der Waals surface area contributed by atoms with E-state index < -0.39 is 11.6 Å². The molecule has 1 aromatic rings. The topological polar surface area (TPSA) is 18.5 Å². The second-order valence-corrected chi connectivity index (χ2v) is 9.14. The summed E-state index contributed by atoms with van der Waals surface area (Å²) < 4.78 is 39.1. The predicted octanol–water partition coefficient (Wildman–Crippen LogP) is 7.37. The lowest BCUT2D eigenvalue weighted by molar-refractivity contribution is -0.257. The number of hydrogen-bond donors (Lipinski definition) is 0. The van der Waals surface area contributed by atoms with Gasteiger partial charge in [-0.05, 0) is 62.6 Å². The molecule has 0 aromatic heterocycles. The standard InChI is InChI=1S/C25H38F2O2/c1-3-4-5-6-7-8-9-22-17-28-25(29-18(22)2)20-12-10-19(11-13-20)21-14-15-23(26)24(27)16-21/h14-16,18-20,22,25H,3-13,17H2,1-2H3/t18-,19-,20-,22+,25+/m1/s1. The molecule has 1 saturated heterocycles. The lowest BCUT2D eigenvalue weighted by Crippen LogP contribution is -2.42. The summed E-state index contributed by atoms with van der Waals surface area (Å²) in [5, 5.41) is 0. The summed E-state index contributed by atoms with van der Waals surface area (Å²) >= 11 is 0. The molecule has 0 bridgehead atoms. The van der Waals surface area contributed by atoms with Crippen molar-refractivity contribution in [3.63, 3.8) is 0 Å². The molecule has 0 N–H and O–H groups in total. The molecule has 3 atom stereocenters. The molecule has 1 aliphatic heterocycles. The minimum Gasteiger partial charge on any atom is -0.352 e. The van der Waals surface area contributed by atoms with E-state index in [1.54, 1.807) is 6.07 Å². The highest BCUT2D eigenvalue weighted by atomic mass is 19.2. The summed E-state index contributed by atoms with van der Waals surface area (Å²) in [6, 6.07) is 4.34. The van der Waals surface area contributed by atoms with E-state index in [0.29, 0.717) is 17.8 Å². The summed E-state index contributed by atoms with van der Waals surface area (Å²) in [5.74, 6) is -0.280. The third-order valence-electron chi connectivity index (χ3n) is 6.99. The average Bonchev–Trinajstić information content (AvgIpc) is 2.73. The van der Waals surface area contributed by atoms with Crippen LogP contribution in [-0.2, 0) is 9.47 Å². The molecule has 0 spiro atoms. The highest BCUT2D eigenvalue weighted by Gasteiger charge is 2.35. The van der Waals surface area contributed by atoms with Crippen molar-refractivity contribution < 1.29 is 18.3 Å². The van der Waals surface area contributed by atoms with Crippen molar-refractivity contribution in [2.75, 3.05) is 6.61 Å². The Kier molecular flexibility index (Phi) is 8.92. The summed E-state index contributed by atoms with van der Waals surface area (Å²) in [4.78, 5) is 0. The van der Waals surface area contributed by atoms with Gasteiger partial charge in [0, 0.05) is 11.8 Å². The molecule has 2 fully saturated rings. The lowest BCUT2D eigenvalue weighted by atomic mass is 9.78. The number of halogens is 2. The Balaban J connectivity index is 1.38. The van der Waals surface area contributed by atoms with Crippen LogP contribution in [0.5, 0.6) is 0 Å². The van der Waals surface area contributed by atoms with Crippen LogP contribution in [0, 0.1) is 23.5 Å². The van der Waals surface area contributed by atoms with Gasteiger partial charge in [0.2, 0.25) is 0 Å². The van der Waals surface area contributed by atoms with Crippen molar-refractivity contribution in [1.82, 2.24) is 0 Å². The predicted molar refractivity (Wildman–Crippen MR) is 113 cm³/mol. The Labute approximate surface area is 175 Å². The maximum Gasteiger partial charge on any atom is 0.160 e. The fourth-order valence-electron chi connectivity index (χ4n) is 4.96. The number of unbranched alkanes of at least 4 members (excludes halogenated alkanes) is 5. The summed E-state index contributed by atoms with van der Waals surface area (Å²) in [6.07, 6.45) is 13.3.